The Morgan fingerprint density at radius 2 is 2.15 bits per heavy atom. The molecule has 27 heavy (non-hydrogen) atoms. The summed E-state index contributed by atoms with van der Waals surface area (Å²) >= 11 is 0. The molecule has 0 saturated heterocycles. The summed E-state index contributed by atoms with van der Waals surface area (Å²) in [4.78, 5) is 21.7. The normalized spacial score (nSPS) is 20.0. The molecular formula is C19H24N2O6. The first-order chi connectivity index (χ1) is 13.0. The monoisotopic (exact) mass is 376 g/mol. The van der Waals surface area contributed by atoms with Gasteiger partial charge in [-0.05, 0) is 12.8 Å². The SMILES string of the molecule is C=CC#N.COC(=O)C1(CCC#N)C=CCOC1.O=C(O)C1=CCCOC1. The molecular weight excluding hydrogens is 352 g/mol. The summed E-state index contributed by atoms with van der Waals surface area (Å²) < 4.78 is 14.8. The van der Waals surface area contributed by atoms with Crippen molar-refractivity contribution in [1.29, 1.82) is 10.5 Å². The fourth-order valence-corrected chi connectivity index (χ4v) is 2.20. The molecule has 0 radical (unpaired) electrons. The third-order valence-electron chi connectivity index (χ3n) is 3.56. The van der Waals surface area contributed by atoms with Crippen molar-refractivity contribution in [2.75, 3.05) is 33.5 Å². The van der Waals surface area contributed by atoms with Gasteiger partial charge in [-0.15, -0.1) is 0 Å². The van der Waals surface area contributed by atoms with Gasteiger partial charge < -0.3 is 19.3 Å². The topological polar surface area (TPSA) is 130 Å². The van der Waals surface area contributed by atoms with Crippen molar-refractivity contribution in [3.63, 3.8) is 0 Å². The number of esters is 1. The molecule has 146 valence electrons. The van der Waals surface area contributed by atoms with E-state index >= 15 is 0 Å². The van der Waals surface area contributed by atoms with Gasteiger partial charge in [-0.3, -0.25) is 4.79 Å². The van der Waals surface area contributed by atoms with Crippen LogP contribution in [0.25, 0.3) is 0 Å². The predicted octanol–water partition coefficient (Wildman–Crippen LogP) is 2.15. The molecule has 1 unspecified atom stereocenters. The zero-order valence-electron chi connectivity index (χ0n) is 15.3. The van der Waals surface area contributed by atoms with Crippen molar-refractivity contribution in [1.82, 2.24) is 0 Å². The number of rotatable bonds is 4. The predicted molar refractivity (Wildman–Crippen MR) is 96.2 cm³/mol. The van der Waals surface area contributed by atoms with E-state index in [2.05, 4.69) is 6.58 Å². The number of allylic oxidation sites excluding steroid dienone is 1. The highest BCUT2D eigenvalue weighted by Crippen LogP contribution is 2.30. The zero-order valence-corrected chi connectivity index (χ0v) is 15.3. The van der Waals surface area contributed by atoms with Gasteiger partial charge in [0.25, 0.3) is 0 Å². The summed E-state index contributed by atoms with van der Waals surface area (Å²) in [6.45, 7) is 4.85. The van der Waals surface area contributed by atoms with Crippen molar-refractivity contribution < 1.29 is 28.9 Å². The lowest BCUT2D eigenvalue weighted by atomic mass is 9.83. The summed E-state index contributed by atoms with van der Waals surface area (Å²) in [6, 6.07) is 3.72. The zero-order chi connectivity index (χ0) is 20.5. The molecule has 2 aliphatic heterocycles. The summed E-state index contributed by atoms with van der Waals surface area (Å²) in [5.74, 6) is -1.20. The second-order valence-corrected chi connectivity index (χ2v) is 5.43. The molecule has 1 N–H and O–H groups in total. The van der Waals surface area contributed by atoms with Crippen LogP contribution in [0.4, 0.5) is 0 Å². The summed E-state index contributed by atoms with van der Waals surface area (Å²) in [5, 5.41) is 24.4. The number of ether oxygens (including phenoxy) is 3. The maximum Gasteiger partial charge on any atom is 0.333 e. The maximum absolute atomic E-state index is 11.5. The highest BCUT2D eigenvalue weighted by atomic mass is 16.5. The van der Waals surface area contributed by atoms with Crippen LogP contribution in [0.2, 0.25) is 0 Å². The standard InChI is InChI=1S/C10H13NO3.C6H8O3.C3H3N/c1-13-9(12)10(4-2-6-11)5-3-7-14-8-10;7-6(8)5-2-1-3-9-4-5;1-2-3-4/h3,5H,2,4,7-8H2,1H3;2H,1,3-4H2,(H,7,8);2H,1H2. The number of hydrogen-bond acceptors (Lipinski definition) is 7. The summed E-state index contributed by atoms with van der Waals surface area (Å²) in [5.41, 5.74) is -0.371. The van der Waals surface area contributed by atoms with E-state index in [0.29, 0.717) is 38.2 Å². The van der Waals surface area contributed by atoms with Gasteiger partial charge in [0.1, 0.15) is 5.41 Å². The second kappa shape index (κ2) is 14.3. The van der Waals surface area contributed by atoms with Crippen LogP contribution in [0.3, 0.4) is 0 Å². The molecule has 0 aromatic carbocycles. The van der Waals surface area contributed by atoms with E-state index in [-0.39, 0.29) is 12.6 Å². The van der Waals surface area contributed by atoms with Crippen LogP contribution < -0.4 is 0 Å². The summed E-state index contributed by atoms with van der Waals surface area (Å²) in [7, 11) is 1.35. The van der Waals surface area contributed by atoms with Crippen LogP contribution in [-0.4, -0.2) is 50.6 Å². The molecule has 8 nitrogen and oxygen atoms in total. The Hall–Kier alpha value is -2.94. The van der Waals surface area contributed by atoms with Gasteiger partial charge in [-0.1, -0.05) is 24.8 Å². The molecule has 0 fully saturated rings. The van der Waals surface area contributed by atoms with Gasteiger partial charge in [-0.25, -0.2) is 4.79 Å². The Labute approximate surface area is 158 Å². The molecule has 2 heterocycles. The van der Waals surface area contributed by atoms with Gasteiger partial charge >= 0.3 is 11.9 Å². The Morgan fingerprint density at radius 3 is 2.52 bits per heavy atom. The molecule has 8 heteroatoms. The van der Waals surface area contributed by atoms with Crippen molar-refractivity contribution >= 4 is 11.9 Å². The van der Waals surface area contributed by atoms with E-state index in [1.165, 1.54) is 13.2 Å². The Balaban J connectivity index is 0.000000444. The molecule has 0 spiro atoms. The Kier molecular flexibility index (Phi) is 12.7. The van der Waals surface area contributed by atoms with Gasteiger partial charge in [0, 0.05) is 12.5 Å². The smallest absolute Gasteiger partial charge is 0.333 e. The fourth-order valence-electron chi connectivity index (χ4n) is 2.20. The van der Waals surface area contributed by atoms with E-state index in [9.17, 15) is 9.59 Å². The van der Waals surface area contributed by atoms with E-state index in [0.717, 1.165) is 6.42 Å². The first kappa shape index (κ1) is 24.1. The number of nitrogens with zero attached hydrogens (tertiary/aromatic N) is 2. The van der Waals surface area contributed by atoms with Gasteiger partial charge in [-0.2, -0.15) is 10.5 Å². The Morgan fingerprint density at radius 1 is 1.44 bits per heavy atom. The summed E-state index contributed by atoms with van der Waals surface area (Å²) in [6.07, 6.45) is 7.96. The lowest BCUT2D eigenvalue weighted by molar-refractivity contribution is -0.154. The number of carbonyl (C=O) groups is 2. The van der Waals surface area contributed by atoms with Gasteiger partial charge in [0.2, 0.25) is 0 Å². The molecule has 0 saturated carbocycles. The van der Waals surface area contributed by atoms with Crippen molar-refractivity contribution in [2.45, 2.75) is 19.3 Å². The minimum absolute atomic E-state index is 0.259. The molecule has 0 bridgehead atoms. The lowest BCUT2D eigenvalue weighted by Gasteiger charge is -2.29. The lowest BCUT2D eigenvalue weighted by Crippen LogP contribution is -2.37. The molecule has 0 aromatic heterocycles. The highest BCUT2D eigenvalue weighted by molar-refractivity contribution is 5.86. The van der Waals surface area contributed by atoms with Crippen LogP contribution in [0.15, 0.2) is 36.5 Å². The van der Waals surface area contributed by atoms with Crippen LogP contribution in [0, 0.1) is 28.1 Å². The second-order valence-electron chi connectivity index (χ2n) is 5.43. The first-order valence-corrected chi connectivity index (χ1v) is 8.18. The quantitative estimate of drug-likeness (QED) is 0.449. The number of hydrogen-bond donors (Lipinski definition) is 1. The van der Waals surface area contributed by atoms with Gasteiger partial charge in [0.05, 0.1) is 51.2 Å². The van der Waals surface area contributed by atoms with Crippen molar-refractivity contribution in [3.8, 4) is 12.1 Å². The minimum atomic E-state index is -0.866. The first-order valence-electron chi connectivity index (χ1n) is 8.18. The van der Waals surface area contributed by atoms with E-state index < -0.39 is 11.4 Å². The minimum Gasteiger partial charge on any atom is -0.478 e. The van der Waals surface area contributed by atoms with Crippen LogP contribution in [-0.2, 0) is 23.8 Å². The average molecular weight is 376 g/mol. The third-order valence-corrected chi connectivity index (χ3v) is 3.56. The molecule has 0 amide bonds. The van der Waals surface area contributed by atoms with Crippen LogP contribution >= 0.6 is 0 Å². The van der Waals surface area contributed by atoms with Crippen LogP contribution in [0.1, 0.15) is 19.3 Å². The highest BCUT2D eigenvalue weighted by Gasteiger charge is 2.38. The van der Waals surface area contributed by atoms with E-state index in [4.69, 9.17) is 29.8 Å². The number of carboxylic acid groups (broad SMARTS) is 1. The van der Waals surface area contributed by atoms with Crippen molar-refractivity contribution in [2.24, 2.45) is 5.41 Å². The number of carboxylic acids is 1. The largest absolute Gasteiger partial charge is 0.478 e. The molecule has 2 aliphatic rings. The maximum atomic E-state index is 11.5. The average Bonchev–Trinajstić information content (AvgIpc) is 2.73. The van der Waals surface area contributed by atoms with Gasteiger partial charge in [0.15, 0.2) is 0 Å². The van der Waals surface area contributed by atoms with Crippen LogP contribution in [0.5, 0.6) is 0 Å². The molecule has 0 aliphatic carbocycles. The van der Waals surface area contributed by atoms with Crippen molar-refractivity contribution in [3.05, 3.63) is 36.5 Å². The number of methoxy groups -OCH3 is 1. The van der Waals surface area contributed by atoms with E-state index in [1.807, 2.05) is 6.07 Å². The number of carbonyl (C=O) groups excluding carboxylic acids is 1. The molecule has 0 aromatic rings. The molecule has 2 rings (SSSR count). The molecule has 1 atom stereocenters. The number of nitriles is 2. The fraction of sp³-hybridized carbons (Fsp3) is 0.474. The number of aliphatic carboxylic acids is 1. The third kappa shape index (κ3) is 9.36. The van der Waals surface area contributed by atoms with E-state index in [1.54, 1.807) is 24.3 Å². The Bertz CT molecular complexity index is 642.